The summed E-state index contributed by atoms with van der Waals surface area (Å²) in [6.07, 6.45) is 2.24. The van der Waals surface area contributed by atoms with E-state index < -0.39 is 15.8 Å². The fourth-order valence-electron chi connectivity index (χ4n) is 2.68. The average molecular weight is 376 g/mol. The van der Waals surface area contributed by atoms with Gasteiger partial charge in [0.25, 0.3) is 15.9 Å². The van der Waals surface area contributed by atoms with Crippen LogP contribution in [0.25, 0.3) is 0 Å². The Morgan fingerprint density at radius 1 is 1.19 bits per heavy atom. The number of anilines is 1. The number of halogens is 1. The SMILES string of the molecule is Cc1ccc(S(=O)(=O)Nc2cccc(C(=O)NC(C)C3CC3)c2)cc1F. The van der Waals surface area contributed by atoms with E-state index in [4.69, 9.17) is 0 Å². The van der Waals surface area contributed by atoms with Crippen LogP contribution in [-0.2, 0) is 10.0 Å². The van der Waals surface area contributed by atoms with Crippen LogP contribution in [-0.4, -0.2) is 20.4 Å². The molecule has 1 aliphatic carbocycles. The molecule has 0 radical (unpaired) electrons. The minimum Gasteiger partial charge on any atom is -0.349 e. The molecule has 1 atom stereocenters. The smallest absolute Gasteiger partial charge is 0.261 e. The quantitative estimate of drug-likeness (QED) is 0.811. The van der Waals surface area contributed by atoms with Gasteiger partial charge in [-0.05, 0) is 68.5 Å². The Hall–Kier alpha value is -2.41. The van der Waals surface area contributed by atoms with Crippen molar-refractivity contribution < 1.29 is 17.6 Å². The third-order valence-electron chi connectivity index (χ3n) is 4.52. The zero-order valence-corrected chi connectivity index (χ0v) is 15.4. The van der Waals surface area contributed by atoms with Gasteiger partial charge >= 0.3 is 0 Å². The van der Waals surface area contributed by atoms with Gasteiger partial charge in [0.05, 0.1) is 4.90 Å². The molecule has 5 nitrogen and oxygen atoms in total. The van der Waals surface area contributed by atoms with Crippen LogP contribution in [0.5, 0.6) is 0 Å². The minimum absolute atomic E-state index is 0.0957. The number of carbonyl (C=O) groups is 1. The summed E-state index contributed by atoms with van der Waals surface area (Å²) in [6.45, 7) is 3.53. The van der Waals surface area contributed by atoms with Crippen LogP contribution in [0.2, 0.25) is 0 Å². The van der Waals surface area contributed by atoms with Crippen molar-refractivity contribution in [2.75, 3.05) is 4.72 Å². The maximum absolute atomic E-state index is 13.7. The standard InChI is InChI=1S/C19H21FN2O3S/c1-12-6-9-17(11-18(12)20)26(24,25)22-16-5-3-4-15(10-16)19(23)21-13(2)14-7-8-14/h3-6,9-11,13-14,22H,7-8H2,1-2H3,(H,21,23). The molecule has 1 amide bonds. The van der Waals surface area contributed by atoms with Crippen LogP contribution >= 0.6 is 0 Å². The average Bonchev–Trinajstić information content (AvgIpc) is 3.42. The third kappa shape index (κ3) is 4.22. The van der Waals surface area contributed by atoms with Gasteiger partial charge in [0.2, 0.25) is 0 Å². The number of hydrogen-bond donors (Lipinski definition) is 2. The number of nitrogens with one attached hydrogen (secondary N) is 2. The lowest BCUT2D eigenvalue weighted by Gasteiger charge is -2.14. The van der Waals surface area contributed by atoms with E-state index in [0.29, 0.717) is 17.0 Å². The lowest BCUT2D eigenvalue weighted by Crippen LogP contribution is -2.34. The first kappa shape index (κ1) is 18.4. The normalized spacial score (nSPS) is 15.3. The Morgan fingerprint density at radius 2 is 1.92 bits per heavy atom. The van der Waals surface area contributed by atoms with Crippen LogP contribution in [0.1, 0.15) is 35.7 Å². The van der Waals surface area contributed by atoms with Crippen LogP contribution in [0.3, 0.4) is 0 Å². The zero-order chi connectivity index (χ0) is 18.9. The largest absolute Gasteiger partial charge is 0.349 e. The van der Waals surface area contributed by atoms with E-state index in [1.165, 1.54) is 18.2 Å². The van der Waals surface area contributed by atoms with Crippen molar-refractivity contribution in [3.63, 3.8) is 0 Å². The number of aryl methyl sites for hydroxylation is 1. The number of rotatable bonds is 6. The van der Waals surface area contributed by atoms with E-state index in [-0.39, 0.29) is 22.5 Å². The van der Waals surface area contributed by atoms with Gasteiger partial charge in [0.15, 0.2) is 0 Å². The maximum Gasteiger partial charge on any atom is 0.261 e. The molecule has 138 valence electrons. The molecule has 2 aromatic carbocycles. The van der Waals surface area contributed by atoms with E-state index in [0.717, 1.165) is 18.9 Å². The highest BCUT2D eigenvalue weighted by molar-refractivity contribution is 7.92. The molecule has 2 aromatic rings. The van der Waals surface area contributed by atoms with E-state index in [1.807, 2.05) is 6.92 Å². The van der Waals surface area contributed by atoms with Gasteiger partial charge in [-0.15, -0.1) is 0 Å². The van der Waals surface area contributed by atoms with Gasteiger partial charge in [0.1, 0.15) is 5.82 Å². The number of amides is 1. The summed E-state index contributed by atoms with van der Waals surface area (Å²) in [6, 6.07) is 10.1. The Balaban J connectivity index is 1.77. The monoisotopic (exact) mass is 376 g/mol. The number of sulfonamides is 1. The molecule has 1 unspecified atom stereocenters. The molecule has 0 heterocycles. The van der Waals surface area contributed by atoms with E-state index in [1.54, 1.807) is 25.1 Å². The first-order valence-corrected chi connectivity index (χ1v) is 9.94. The first-order valence-electron chi connectivity index (χ1n) is 8.46. The molecule has 1 fully saturated rings. The van der Waals surface area contributed by atoms with Gasteiger partial charge in [0, 0.05) is 17.3 Å². The molecule has 1 saturated carbocycles. The number of carbonyl (C=O) groups excluding carboxylic acids is 1. The van der Waals surface area contributed by atoms with E-state index in [9.17, 15) is 17.6 Å². The minimum atomic E-state index is -3.94. The van der Waals surface area contributed by atoms with Gasteiger partial charge in [-0.2, -0.15) is 0 Å². The summed E-state index contributed by atoms with van der Waals surface area (Å²) in [5.41, 5.74) is 0.984. The molecule has 0 aliphatic heterocycles. The van der Waals surface area contributed by atoms with Crippen molar-refractivity contribution >= 4 is 21.6 Å². The first-order chi connectivity index (χ1) is 12.3. The van der Waals surface area contributed by atoms with Crippen molar-refractivity contribution in [2.24, 2.45) is 5.92 Å². The number of hydrogen-bond acceptors (Lipinski definition) is 3. The molecule has 2 N–H and O–H groups in total. The summed E-state index contributed by atoms with van der Waals surface area (Å²) in [5.74, 6) is -0.307. The van der Waals surface area contributed by atoms with Gasteiger partial charge in [-0.3, -0.25) is 9.52 Å². The predicted molar refractivity (Wildman–Crippen MR) is 98.0 cm³/mol. The Bertz CT molecular complexity index is 940. The van der Waals surface area contributed by atoms with Crippen molar-refractivity contribution in [1.29, 1.82) is 0 Å². The zero-order valence-electron chi connectivity index (χ0n) is 14.6. The summed E-state index contributed by atoms with van der Waals surface area (Å²) in [5, 5.41) is 2.93. The Labute approximate surface area is 152 Å². The van der Waals surface area contributed by atoms with Crippen LogP contribution in [0.15, 0.2) is 47.4 Å². The Kier molecular flexibility index (Phi) is 5.00. The molecule has 0 aromatic heterocycles. The second-order valence-electron chi connectivity index (χ2n) is 6.70. The molecular formula is C19H21FN2O3S. The lowest BCUT2D eigenvalue weighted by atomic mass is 10.1. The van der Waals surface area contributed by atoms with Crippen LogP contribution in [0.4, 0.5) is 10.1 Å². The summed E-state index contributed by atoms with van der Waals surface area (Å²) < 4.78 is 40.9. The summed E-state index contributed by atoms with van der Waals surface area (Å²) in [4.78, 5) is 12.2. The molecule has 0 bridgehead atoms. The van der Waals surface area contributed by atoms with Crippen molar-refractivity contribution in [1.82, 2.24) is 5.32 Å². The topological polar surface area (TPSA) is 75.3 Å². The molecular weight excluding hydrogens is 355 g/mol. The highest BCUT2D eigenvalue weighted by Crippen LogP contribution is 2.32. The van der Waals surface area contributed by atoms with Crippen LogP contribution < -0.4 is 10.0 Å². The summed E-state index contributed by atoms with van der Waals surface area (Å²) >= 11 is 0. The molecule has 0 saturated heterocycles. The fourth-order valence-corrected chi connectivity index (χ4v) is 3.74. The van der Waals surface area contributed by atoms with E-state index >= 15 is 0 Å². The second-order valence-corrected chi connectivity index (χ2v) is 8.38. The van der Waals surface area contributed by atoms with Crippen molar-refractivity contribution in [3.8, 4) is 0 Å². The fraction of sp³-hybridized carbons (Fsp3) is 0.316. The highest BCUT2D eigenvalue weighted by Gasteiger charge is 2.29. The predicted octanol–water partition coefficient (Wildman–Crippen LogP) is 3.46. The van der Waals surface area contributed by atoms with Crippen molar-refractivity contribution in [3.05, 3.63) is 59.4 Å². The van der Waals surface area contributed by atoms with Gasteiger partial charge in [-0.25, -0.2) is 12.8 Å². The molecule has 3 rings (SSSR count). The van der Waals surface area contributed by atoms with Gasteiger partial charge < -0.3 is 5.32 Å². The molecule has 0 spiro atoms. The Morgan fingerprint density at radius 3 is 2.58 bits per heavy atom. The van der Waals surface area contributed by atoms with E-state index in [2.05, 4.69) is 10.0 Å². The van der Waals surface area contributed by atoms with Crippen LogP contribution in [0, 0.1) is 18.7 Å². The highest BCUT2D eigenvalue weighted by atomic mass is 32.2. The summed E-state index contributed by atoms with van der Waals surface area (Å²) in [7, 11) is -3.94. The van der Waals surface area contributed by atoms with Crippen molar-refractivity contribution in [2.45, 2.75) is 37.6 Å². The molecule has 1 aliphatic rings. The third-order valence-corrected chi connectivity index (χ3v) is 5.90. The molecule has 7 heteroatoms. The number of benzene rings is 2. The van der Waals surface area contributed by atoms with Gasteiger partial charge in [-0.1, -0.05) is 12.1 Å². The molecule has 26 heavy (non-hydrogen) atoms. The second kappa shape index (κ2) is 7.07. The maximum atomic E-state index is 13.7. The lowest BCUT2D eigenvalue weighted by molar-refractivity contribution is 0.0936.